The Morgan fingerprint density at radius 1 is 1.37 bits per heavy atom. The van der Waals surface area contributed by atoms with Crippen LogP contribution in [0.15, 0.2) is 18.2 Å². The molecule has 2 unspecified atom stereocenters. The summed E-state index contributed by atoms with van der Waals surface area (Å²) in [6, 6.07) is 6.74. The molecule has 1 nitrogen and oxygen atoms in total. The fourth-order valence-electron chi connectivity index (χ4n) is 3.13. The number of nitrogens with one attached hydrogen (secondary N) is 1. The fraction of sp³-hybridized carbons (Fsp3) is 0.625. The molecule has 1 saturated carbocycles. The lowest BCUT2D eigenvalue weighted by molar-refractivity contribution is 0.289. The Morgan fingerprint density at radius 3 is 2.84 bits per heavy atom. The van der Waals surface area contributed by atoms with Crippen LogP contribution in [0.25, 0.3) is 0 Å². The third-order valence-corrected chi connectivity index (χ3v) is 5.01. The van der Waals surface area contributed by atoms with Gasteiger partial charge >= 0.3 is 0 Å². The Morgan fingerprint density at radius 2 is 2.16 bits per heavy atom. The van der Waals surface area contributed by atoms with Gasteiger partial charge < -0.3 is 5.32 Å². The van der Waals surface area contributed by atoms with Crippen molar-refractivity contribution in [2.24, 2.45) is 11.8 Å². The number of hydrogen-bond acceptors (Lipinski definition) is 1. The molecule has 0 bridgehead atoms. The molecule has 1 aliphatic carbocycles. The molecule has 1 aromatic rings. The van der Waals surface area contributed by atoms with Crippen LogP contribution < -0.4 is 5.32 Å². The van der Waals surface area contributed by atoms with Crippen molar-refractivity contribution in [3.05, 3.63) is 26.8 Å². The molecule has 1 fully saturated rings. The molecule has 0 aliphatic heterocycles. The van der Waals surface area contributed by atoms with E-state index in [9.17, 15) is 0 Å². The Hall–Kier alpha value is 0.0400. The van der Waals surface area contributed by atoms with Crippen LogP contribution in [0.4, 0.5) is 5.69 Å². The van der Waals surface area contributed by atoms with E-state index in [-0.39, 0.29) is 0 Å². The number of anilines is 1. The summed E-state index contributed by atoms with van der Waals surface area (Å²) in [7, 11) is 0. The highest BCUT2D eigenvalue weighted by Gasteiger charge is 2.22. The first kappa shape index (κ1) is 15.4. The highest BCUT2D eigenvalue weighted by atomic mass is 127. The van der Waals surface area contributed by atoms with Crippen molar-refractivity contribution in [3.8, 4) is 0 Å². The summed E-state index contributed by atoms with van der Waals surface area (Å²) >= 11 is 8.37. The molecule has 0 radical (unpaired) electrons. The first-order valence-corrected chi connectivity index (χ1v) is 8.72. The highest BCUT2D eigenvalue weighted by Crippen LogP contribution is 2.32. The van der Waals surface area contributed by atoms with Crippen LogP contribution >= 0.6 is 34.2 Å². The molecule has 2 atom stereocenters. The molecule has 106 valence electrons. The topological polar surface area (TPSA) is 12.0 Å². The molecular formula is C16H23ClIN. The highest BCUT2D eigenvalue weighted by molar-refractivity contribution is 14.1. The Kier molecular flexibility index (Phi) is 5.82. The van der Waals surface area contributed by atoms with Gasteiger partial charge in [0, 0.05) is 20.3 Å². The number of benzene rings is 1. The van der Waals surface area contributed by atoms with E-state index >= 15 is 0 Å². The average molecular weight is 392 g/mol. The van der Waals surface area contributed by atoms with E-state index in [1.165, 1.54) is 41.4 Å². The van der Waals surface area contributed by atoms with Gasteiger partial charge in [0.15, 0.2) is 0 Å². The van der Waals surface area contributed by atoms with Gasteiger partial charge in [0.25, 0.3) is 0 Å². The van der Waals surface area contributed by atoms with Gasteiger partial charge in [0.1, 0.15) is 0 Å². The van der Waals surface area contributed by atoms with Crippen LogP contribution in [0.1, 0.15) is 46.0 Å². The fourth-order valence-corrected chi connectivity index (χ4v) is 4.16. The van der Waals surface area contributed by atoms with Crippen LogP contribution in [0, 0.1) is 15.4 Å². The summed E-state index contributed by atoms with van der Waals surface area (Å²) in [5.41, 5.74) is 1.24. The van der Waals surface area contributed by atoms with E-state index in [1.807, 2.05) is 12.1 Å². The van der Waals surface area contributed by atoms with Gasteiger partial charge in [-0.15, -0.1) is 0 Å². The van der Waals surface area contributed by atoms with E-state index in [1.54, 1.807) is 0 Å². The summed E-state index contributed by atoms with van der Waals surface area (Å²) in [6.45, 7) is 4.67. The Labute approximate surface area is 135 Å². The lowest BCUT2D eigenvalue weighted by atomic mass is 9.81. The van der Waals surface area contributed by atoms with Gasteiger partial charge in [0.2, 0.25) is 0 Å². The smallest absolute Gasteiger partial charge is 0.0479 e. The van der Waals surface area contributed by atoms with Gasteiger partial charge in [0.05, 0.1) is 0 Å². The quantitative estimate of drug-likeness (QED) is 0.624. The van der Waals surface area contributed by atoms with Gasteiger partial charge in [-0.05, 0) is 71.9 Å². The molecular weight excluding hydrogens is 369 g/mol. The third kappa shape index (κ3) is 4.82. The zero-order valence-electron chi connectivity index (χ0n) is 11.8. The molecule has 19 heavy (non-hydrogen) atoms. The summed E-state index contributed by atoms with van der Waals surface area (Å²) in [5.74, 6) is 1.72. The van der Waals surface area contributed by atoms with Gasteiger partial charge in [-0.2, -0.15) is 0 Å². The van der Waals surface area contributed by atoms with Crippen LogP contribution in [0.3, 0.4) is 0 Å². The van der Waals surface area contributed by atoms with Gasteiger partial charge in [-0.25, -0.2) is 0 Å². The molecule has 1 N–H and O–H groups in total. The van der Waals surface area contributed by atoms with Crippen molar-refractivity contribution in [3.63, 3.8) is 0 Å². The number of hydrogen-bond donors (Lipinski definition) is 1. The van der Waals surface area contributed by atoms with Crippen LogP contribution in [0.5, 0.6) is 0 Å². The second kappa shape index (κ2) is 7.16. The molecule has 1 aromatic carbocycles. The maximum absolute atomic E-state index is 6.01. The molecule has 0 heterocycles. The second-order valence-electron chi connectivity index (χ2n) is 6.13. The first-order chi connectivity index (χ1) is 9.04. The molecule has 2 rings (SSSR count). The van der Waals surface area contributed by atoms with Crippen LogP contribution in [0.2, 0.25) is 5.02 Å². The predicted octanol–water partition coefficient (Wildman–Crippen LogP) is 5.96. The van der Waals surface area contributed by atoms with Crippen LogP contribution in [-0.2, 0) is 0 Å². The maximum atomic E-state index is 6.01. The van der Waals surface area contributed by atoms with Crippen molar-refractivity contribution in [1.29, 1.82) is 0 Å². The number of rotatable bonds is 4. The van der Waals surface area contributed by atoms with E-state index in [4.69, 9.17) is 11.6 Å². The molecule has 3 heteroatoms. The normalized spacial score (nSPS) is 23.6. The van der Waals surface area contributed by atoms with Crippen molar-refractivity contribution in [2.45, 2.75) is 52.0 Å². The van der Waals surface area contributed by atoms with E-state index in [0.29, 0.717) is 6.04 Å². The Bertz CT molecular complexity index is 419. The minimum atomic E-state index is 0.632. The van der Waals surface area contributed by atoms with Crippen LogP contribution in [-0.4, -0.2) is 6.04 Å². The maximum Gasteiger partial charge on any atom is 0.0479 e. The minimum Gasteiger partial charge on any atom is -0.381 e. The summed E-state index contributed by atoms with van der Waals surface area (Å²) in [5, 5.41) is 4.53. The minimum absolute atomic E-state index is 0.632. The van der Waals surface area contributed by atoms with Gasteiger partial charge in [-0.1, -0.05) is 38.3 Å². The second-order valence-corrected chi connectivity index (χ2v) is 7.73. The zero-order chi connectivity index (χ0) is 13.8. The first-order valence-electron chi connectivity index (χ1n) is 7.26. The van der Waals surface area contributed by atoms with E-state index in [2.05, 4.69) is 47.8 Å². The Balaban J connectivity index is 1.94. The van der Waals surface area contributed by atoms with Crippen molar-refractivity contribution in [2.75, 3.05) is 5.32 Å². The third-order valence-electron chi connectivity index (χ3n) is 3.88. The summed E-state index contributed by atoms with van der Waals surface area (Å²) in [6.07, 6.45) is 6.76. The van der Waals surface area contributed by atoms with Gasteiger partial charge in [-0.3, -0.25) is 0 Å². The van der Waals surface area contributed by atoms with E-state index in [0.717, 1.165) is 16.9 Å². The monoisotopic (exact) mass is 391 g/mol. The molecule has 0 spiro atoms. The van der Waals surface area contributed by atoms with Crippen molar-refractivity contribution >= 4 is 39.9 Å². The number of halogens is 2. The molecule has 0 amide bonds. The molecule has 0 saturated heterocycles. The average Bonchev–Trinajstić information content (AvgIpc) is 2.32. The standard InChI is InChI=1S/C16H23ClIN/c1-11(2)8-12-4-3-5-14(9-12)19-16-7-6-13(17)10-15(16)18/h6-7,10-12,14,19H,3-5,8-9H2,1-2H3. The predicted molar refractivity (Wildman–Crippen MR) is 93.0 cm³/mol. The summed E-state index contributed by atoms with van der Waals surface area (Å²) < 4.78 is 1.22. The largest absolute Gasteiger partial charge is 0.381 e. The summed E-state index contributed by atoms with van der Waals surface area (Å²) in [4.78, 5) is 0. The van der Waals surface area contributed by atoms with Crippen molar-refractivity contribution in [1.82, 2.24) is 0 Å². The lowest BCUT2D eigenvalue weighted by Gasteiger charge is -2.31. The SMILES string of the molecule is CC(C)CC1CCCC(Nc2ccc(Cl)cc2I)C1. The molecule has 0 aromatic heterocycles. The zero-order valence-corrected chi connectivity index (χ0v) is 14.7. The van der Waals surface area contributed by atoms with Crippen molar-refractivity contribution < 1.29 is 0 Å². The van der Waals surface area contributed by atoms with E-state index < -0.39 is 0 Å². The lowest BCUT2D eigenvalue weighted by Crippen LogP contribution is -2.28. The molecule has 1 aliphatic rings.